The third kappa shape index (κ3) is 4.09. The van der Waals surface area contributed by atoms with Gasteiger partial charge >= 0.3 is 5.97 Å². The second-order valence-corrected chi connectivity index (χ2v) is 5.87. The molecule has 0 radical (unpaired) electrons. The first-order chi connectivity index (χ1) is 11.9. The van der Waals surface area contributed by atoms with Crippen molar-refractivity contribution in [2.75, 3.05) is 5.32 Å². The van der Waals surface area contributed by atoms with Gasteiger partial charge in [0.1, 0.15) is 11.6 Å². The lowest BCUT2D eigenvalue weighted by Crippen LogP contribution is -2.16. The zero-order chi connectivity index (χ0) is 18.0. The van der Waals surface area contributed by atoms with Crippen molar-refractivity contribution in [3.8, 4) is 0 Å². The predicted octanol–water partition coefficient (Wildman–Crippen LogP) is 4.18. The highest BCUT2D eigenvalue weighted by Gasteiger charge is 2.30. The fraction of sp³-hybridized carbons (Fsp3) is 0.158. The molecule has 3 rings (SSSR count). The van der Waals surface area contributed by atoms with Gasteiger partial charge in [-0.2, -0.15) is 0 Å². The van der Waals surface area contributed by atoms with Gasteiger partial charge < -0.3 is 10.4 Å². The lowest BCUT2D eigenvalue weighted by Gasteiger charge is -2.09. The topological polar surface area (TPSA) is 66.4 Å². The van der Waals surface area contributed by atoms with E-state index in [0.717, 1.165) is 25.0 Å². The highest BCUT2D eigenvalue weighted by Crippen LogP contribution is 2.31. The van der Waals surface area contributed by atoms with Crippen molar-refractivity contribution in [2.24, 2.45) is 5.92 Å². The van der Waals surface area contributed by atoms with E-state index in [1.54, 1.807) is 6.07 Å². The Morgan fingerprint density at radius 1 is 1.08 bits per heavy atom. The number of hydrogen-bond acceptors (Lipinski definition) is 2. The van der Waals surface area contributed by atoms with E-state index in [0.29, 0.717) is 5.56 Å². The molecule has 6 heteroatoms. The van der Waals surface area contributed by atoms with Gasteiger partial charge in [-0.05, 0) is 42.7 Å². The maximum Gasteiger partial charge on any atom is 0.337 e. The quantitative estimate of drug-likeness (QED) is 0.800. The molecule has 1 amide bonds. The standard InChI is InChI=1S/C19H15F2NO3/c20-14-7-6-12(16(21)10-14)3-1-11-2-8-17(15(9-11)19(24)25)22-18(23)13-4-5-13/h1-3,6-10,13H,4-5H2,(H,22,23)(H,24,25)/b3-1+. The average Bonchev–Trinajstić information content (AvgIpc) is 3.40. The fourth-order valence-corrected chi connectivity index (χ4v) is 2.35. The van der Waals surface area contributed by atoms with Crippen LogP contribution in [0.25, 0.3) is 12.2 Å². The zero-order valence-corrected chi connectivity index (χ0v) is 13.1. The smallest absolute Gasteiger partial charge is 0.337 e. The Labute approximate surface area is 142 Å². The van der Waals surface area contributed by atoms with E-state index in [1.165, 1.54) is 30.4 Å². The van der Waals surface area contributed by atoms with Gasteiger partial charge in [-0.25, -0.2) is 13.6 Å². The van der Waals surface area contributed by atoms with Crippen molar-refractivity contribution in [3.63, 3.8) is 0 Å². The Morgan fingerprint density at radius 3 is 2.48 bits per heavy atom. The molecule has 2 aromatic rings. The van der Waals surface area contributed by atoms with Gasteiger partial charge in [0, 0.05) is 17.5 Å². The summed E-state index contributed by atoms with van der Waals surface area (Å²) in [5.41, 5.74) is 0.889. The summed E-state index contributed by atoms with van der Waals surface area (Å²) in [4.78, 5) is 23.2. The number of carbonyl (C=O) groups is 2. The molecule has 1 fully saturated rings. The second-order valence-electron chi connectivity index (χ2n) is 5.87. The number of amides is 1. The molecule has 2 aromatic carbocycles. The Bertz CT molecular complexity index is 873. The van der Waals surface area contributed by atoms with Crippen LogP contribution in [0.2, 0.25) is 0 Å². The van der Waals surface area contributed by atoms with Crippen LogP contribution in [0.4, 0.5) is 14.5 Å². The predicted molar refractivity (Wildman–Crippen MR) is 90.0 cm³/mol. The minimum atomic E-state index is -1.17. The number of nitrogens with one attached hydrogen (secondary N) is 1. The number of carboxylic acids is 1. The lowest BCUT2D eigenvalue weighted by molar-refractivity contribution is -0.117. The highest BCUT2D eigenvalue weighted by atomic mass is 19.1. The number of carbonyl (C=O) groups excluding carboxylic acids is 1. The molecule has 0 aromatic heterocycles. The molecular weight excluding hydrogens is 328 g/mol. The number of aromatic carboxylic acids is 1. The molecule has 1 aliphatic rings. The molecule has 0 bridgehead atoms. The summed E-state index contributed by atoms with van der Waals surface area (Å²) in [5.74, 6) is -2.77. The summed E-state index contributed by atoms with van der Waals surface area (Å²) in [7, 11) is 0. The molecule has 1 aliphatic carbocycles. The molecule has 25 heavy (non-hydrogen) atoms. The first-order valence-electron chi connectivity index (χ1n) is 7.75. The molecule has 0 saturated heterocycles. The van der Waals surface area contributed by atoms with Crippen molar-refractivity contribution in [2.45, 2.75) is 12.8 Å². The lowest BCUT2D eigenvalue weighted by atomic mass is 10.1. The summed E-state index contributed by atoms with van der Waals surface area (Å²) in [6.45, 7) is 0. The minimum Gasteiger partial charge on any atom is -0.478 e. The van der Waals surface area contributed by atoms with Crippen LogP contribution in [0.3, 0.4) is 0 Å². The van der Waals surface area contributed by atoms with Crippen molar-refractivity contribution in [1.82, 2.24) is 0 Å². The average molecular weight is 343 g/mol. The molecule has 0 spiro atoms. The van der Waals surface area contributed by atoms with Gasteiger partial charge in [0.15, 0.2) is 0 Å². The van der Waals surface area contributed by atoms with Crippen LogP contribution in [-0.4, -0.2) is 17.0 Å². The molecule has 0 atom stereocenters. The number of halogens is 2. The largest absolute Gasteiger partial charge is 0.478 e. The molecule has 2 N–H and O–H groups in total. The van der Waals surface area contributed by atoms with Crippen LogP contribution in [0.5, 0.6) is 0 Å². The number of carboxylic acid groups (broad SMARTS) is 1. The molecule has 0 heterocycles. The summed E-state index contributed by atoms with van der Waals surface area (Å²) in [6, 6.07) is 7.73. The Morgan fingerprint density at radius 2 is 1.84 bits per heavy atom. The van der Waals surface area contributed by atoms with Crippen LogP contribution in [0, 0.1) is 17.6 Å². The third-order valence-corrected chi connectivity index (χ3v) is 3.90. The summed E-state index contributed by atoms with van der Waals surface area (Å²) >= 11 is 0. The van der Waals surface area contributed by atoms with Crippen molar-refractivity contribution in [1.29, 1.82) is 0 Å². The number of hydrogen-bond donors (Lipinski definition) is 2. The normalized spacial score (nSPS) is 13.8. The number of rotatable bonds is 5. The third-order valence-electron chi connectivity index (χ3n) is 3.90. The van der Waals surface area contributed by atoms with E-state index in [9.17, 15) is 23.5 Å². The van der Waals surface area contributed by atoms with Crippen LogP contribution < -0.4 is 5.32 Å². The molecule has 1 saturated carbocycles. The van der Waals surface area contributed by atoms with Gasteiger partial charge in [-0.1, -0.05) is 18.2 Å². The summed E-state index contributed by atoms with van der Waals surface area (Å²) in [6.07, 6.45) is 4.59. The van der Waals surface area contributed by atoms with Crippen LogP contribution in [0.1, 0.15) is 34.3 Å². The fourth-order valence-electron chi connectivity index (χ4n) is 2.35. The molecule has 128 valence electrons. The first-order valence-corrected chi connectivity index (χ1v) is 7.75. The van der Waals surface area contributed by atoms with E-state index in [2.05, 4.69) is 5.32 Å². The maximum atomic E-state index is 13.6. The van der Waals surface area contributed by atoms with E-state index >= 15 is 0 Å². The van der Waals surface area contributed by atoms with Crippen molar-refractivity contribution in [3.05, 3.63) is 64.7 Å². The minimum absolute atomic E-state index is 0.0392. The van der Waals surface area contributed by atoms with Crippen LogP contribution in [-0.2, 0) is 4.79 Å². The Hall–Kier alpha value is -3.02. The summed E-state index contributed by atoms with van der Waals surface area (Å²) < 4.78 is 26.5. The highest BCUT2D eigenvalue weighted by molar-refractivity contribution is 6.02. The van der Waals surface area contributed by atoms with Gasteiger partial charge in [-0.3, -0.25) is 4.79 Å². The Kier molecular flexibility index (Phi) is 4.61. The monoisotopic (exact) mass is 343 g/mol. The van der Waals surface area contributed by atoms with Gasteiger partial charge in [-0.15, -0.1) is 0 Å². The summed E-state index contributed by atoms with van der Waals surface area (Å²) in [5, 5.41) is 12.0. The second kappa shape index (κ2) is 6.84. The van der Waals surface area contributed by atoms with Gasteiger partial charge in [0.25, 0.3) is 0 Å². The maximum absolute atomic E-state index is 13.6. The van der Waals surface area contributed by atoms with Gasteiger partial charge in [0.05, 0.1) is 11.3 Å². The van der Waals surface area contributed by atoms with Crippen LogP contribution >= 0.6 is 0 Å². The van der Waals surface area contributed by atoms with Crippen molar-refractivity contribution >= 4 is 29.7 Å². The SMILES string of the molecule is O=C(O)c1cc(/C=C/c2ccc(F)cc2F)ccc1NC(=O)C1CC1. The van der Waals surface area contributed by atoms with Gasteiger partial charge in [0.2, 0.25) is 5.91 Å². The molecule has 4 nitrogen and oxygen atoms in total. The molecule has 0 unspecified atom stereocenters. The van der Waals surface area contributed by atoms with E-state index in [1.807, 2.05) is 0 Å². The zero-order valence-electron chi connectivity index (χ0n) is 13.1. The molecular formula is C19H15F2NO3. The first kappa shape index (κ1) is 16.8. The van der Waals surface area contributed by atoms with E-state index in [-0.39, 0.29) is 28.6 Å². The Balaban J connectivity index is 1.84. The van der Waals surface area contributed by atoms with Crippen LogP contribution in [0.15, 0.2) is 36.4 Å². The molecule has 0 aliphatic heterocycles. The number of benzene rings is 2. The van der Waals surface area contributed by atoms with E-state index in [4.69, 9.17) is 0 Å². The number of anilines is 1. The van der Waals surface area contributed by atoms with Crippen molar-refractivity contribution < 1.29 is 23.5 Å². The van der Waals surface area contributed by atoms with E-state index < -0.39 is 17.6 Å².